The Kier molecular flexibility index (Phi) is 4.73. The van der Waals surface area contributed by atoms with E-state index in [4.69, 9.17) is 0 Å². The fourth-order valence-corrected chi connectivity index (χ4v) is 2.05. The molecule has 0 aliphatic carbocycles. The summed E-state index contributed by atoms with van der Waals surface area (Å²) in [4.78, 5) is 0. The topological polar surface area (TPSA) is 4.93 Å². The molecule has 1 rings (SSSR count). The molecule has 0 radical (unpaired) electrons. The molecule has 0 N–H and O–H groups in total. The van der Waals surface area contributed by atoms with E-state index in [2.05, 4.69) is 59.4 Å². The molecule has 0 amide bonds. The number of hydrogen-bond acceptors (Lipinski definition) is 0. The molecule has 1 heterocycles. The summed E-state index contributed by atoms with van der Waals surface area (Å²) < 4.78 is 2.23. The van der Waals surface area contributed by atoms with E-state index in [0.717, 1.165) is 0 Å². The molecule has 0 unspecified atom stereocenters. The van der Waals surface area contributed by atoms with Gasteiger partial charge in [-0.05, 0) is 19.7 Å². The SMILES string of the molecule is Cc1c(C(C)(C)C)c([C-](C)C)cn1C.[W]. The Bertz CT molecular complexity index is 329. The van der Waals surface area contributed by atoms with Gasteiger partial charge in [0.2, 0.25) is 0 Å². The van der Waals surface area contributed by atoms with Gasteiger partial charge in [0.1, 0.15) is 0 Å². The van der Waals surface area contributed by atoms with E-state index in [0.29, 0.717) is 0 Å². The quantitative estimate of drug-likeness (QED) is 0.661. The molecule has 86 valence electrons. The van der Waals surface area contributed by atoms with Crippen LogP contribution in [0.4, 0.5) is 0 Å². The average Bonchev–Trinajstić information content (AvgIpc) is 2.27. The fourth-order valence-electron chi connectivity index (χ4n) is 2.05. The number of rotatable bonds is 1. The van der Waals surface area contributed by atoms with E-state index in [1.54, 1.807) is 0 Å². The first kappa shape index (κ1) is 14.8. The zero-order valence-electron chi connectivity index (χ0n) is 10.9. The first-order valence-corrected chi connectivity index (χ1v) is 5.22. The number of hydrogen-bond donors (Lipinski definition) is 0. The van der Waals surface area contributed by atoms with Crippen molar-refractivity contribution in [3.8, 4) is 0 Å². The third-order valence-corrected chi connectivity index (χ3v) is 2.77. The zero-order valence-corrected chi connectivity index (χ0v) is 13.9. The van der Waals surface area contributed by atoms with Gasteiger partial charge in [-0.25, -0.2) is 0 Å². The van der Waals surface area contributed by atoms with Crippen LogP contribution in [0, 0.1) is 12.8 Å². The summed E-state index contributed by atoms with van der Waals surface area (Å²) in [6.45, 7) is 13.4. The van der Waals surface area contributed by atoms with Gasteiger partial charge in [0.05, 0.1) is 0 Å². The molecule has 0 aliphatic rings. The zero-order chi connectivity index (χ0) is 11.1. The van der Waals surface area contributed by atoms with Gasteiger partial charge in [0, 0.05) is 21.1 Å². The van der Waals surface area contributed by atoms with Crippen LogP contribution < -0.4 is 0 Å². The molecule has 2 heteroatoms. The normalized spacial score (nSPS) is 11.1. The Hall–Kier alpha value is -0.162. The molecule has 1 nitrogen and oxygen atoms in total. The van der Waals surface area contributed by atoms with Crippen molar-refractivity contribution in [2.75, 3.05) is 0 Å². The molecular weight excluding hydrogens is 354 g/mol. The molecule has 0 bridgehead atoms. The molecule has 0 fully saturated rings. The van der Waals surface area contributed by atoms with Crippen LogP contribution in [0.5, 0.6) is 0 Å². The van der Waals surface area contributed by atoms with Crippen LogP contribution in [0.15, 0.2) is 6.20 Å². The Morgan fingerprint density at radius 1 is 1.20 bits per heavy atom. The summed E-state index contributed by atoms with van der Waals surface area (Å²) in [6.07, 6.45) is 2.24. The van der Waals surface area contributed by atoms with Gasteiger partial charge in [-0.2, -0.15) is 11.5 Å². The summed E-state index contributed by atoms with van der Waals surface area (Å²) in [5, 5.41) is 0. The van der Waals surface area contributed by atoms with E-state index in [1.165, 1.54) is 22.7 Å². The molecular formula is C13H22NW-. The van der Waals surface area contributed by atoms with Crippen LogP contribution in [0.2, 0.25) is 0 Å². The summed E-state index contributed by atoms with van der Waals surface area (Å²) in [5.41, 5.74) is 4.52. The van der Waals surface area contributed by atoms with Gasteiger partial charge in [0.25, 0.3) is 0 Å². The van der Waals surface area contributed by atoms with Crippen LogP contribution >= 0.6 is 0 Å². The van der Waals surface area contributed by atoms with Crippen LogP contribution in [0.3, 0.4) is 0 Å². The van der Waals surface area contributed by atoms with Crippen LogP contribution in [0.25, 0.3) is 0 Å². The Morgan fingerprint density at radius 2 is 1.67 bits per heavy atom. The maximum atomic E-state index is 2.28. The largest absolute Gasteiger partial charge is 0.417 e. The molecule has 1 aromatic heterocycles. The fraction of sp³-hybridized carbons (Fsp3) is 0.615. The molecule has 0 aromatic carbocycles. The van der Waals surface area contributed by atoms with E-state index < -0.39 is 0 Å². The van der Waals surface area contributed by atoms with Crippen molar-refractivity contribution < 1.29 is 21.1 Å². The van der Waals surface area contributed by atoms with Gasteiger partial charge in [-0.1, -0.05) is 46.2 Å². The minimum atomic E-state index is 0. The monoisotopic (exact) mass is 376 g/mol. The smallest absolute Gasteiger partial charge is 0 e. The first-order chi connectivity index (χ1) is 6.25. The second kappa shape index (κ2) is 4.78. The van der Waals surface area contributed by atoms with Crippen LogP contribution in [-0.4, -0.2) is 4.57 Å². The Balaban J connectivity index is 0.00000196. The van der Waals surface area contributed by atoms with Crippen molar-refractivity contribution in [3.63, 3.8) is 0 Å². The predicted molar refractivity (Wildman–Crippen MR) is 62.5 cm³/mol. The summed E-state index contributed by atoms with van der Waals surface area (Å²) in [5.74, 6) is 1.40. The molecule has 0 aliphatic heterocycles. The maximum Gasteiger partial charge on any atom is 0 e. The second-order valence-corrected chi connectivity index (χ2v) is 5.36. The van der Waals surface area contributed by atoms with Crippen molar-refractivity contribution in [2.45, 2.75) is 47.0 Å². The van der Waals surface area contributed by atoms with Crippen molar-refractivity contribution in [1.82, 2.24) is 4.57 Å². The van der Waals surface area contributed by atoms with Crippen molar-refractivity contribution in [1.29, 1.82) is 0 Å². The van der Waals surface area contributed by atoms with E-state index in [-0.39, 0.29) is 26.5 Å². The predicted octanol–water partition coefficient (Wildman–Crippen LogP) is 3.59. The first-order valence-electron chi connectivity index (χ1n) is 5.22. The molecule has 0 spiro atoms. The van der Waals surface area contributed by atoms with Crippen molar-refractivity contribution in [2.24, 2.45) is 7.05 Å². The summed E-state index contributed by atoms with van der Waals surface area (Å²) in [6, 6.07) is 0. The average molecular weight is 376 g/mol. The van der Waals surface area contributed by atoms with Gasteiger partial charge < -0.3 is 4.57 Å². The number of aromatic nitrogens is 1. The van der Waals surface area contributed by atoms with Gasteiger partial charge in [0.15, 0.2) is 0 Å². The Morgan fingerprint density at radius 3 is 1.93 bits per heavy atom. The Labute approximate surface area is 109 Å². The molecule has 1 aromatic rings. The van der Waals surface area contributed by atoms with Crippen molar-refractivity contribution in [3.05, 3.63) is 28.9 Å². The van der Waals surface area contributed by atoms with E-state index in [1.807, 2.05) is 0 Å². The van der Waals surface area contributed by atoms with E-state index >= 15 is 0 Å². The van der Waals surface area contributed by atoms with Crippen LogP contribution in [0.1, 0.15) is 51.4 Å². The number of nitrogens with zero attached hydrogens (tertiary/aromatic N) is 1. The van der Waals surface area contributed by atoms with Gasteiger partial charge in [-0.3, -0.25) is 0 Å². The van der Waals surface area contributed by atoms with Gasteiger partial charge >= 0.3 is 0 Å². The third-order valence-electron chi connectivity index (χ3n) is 2.77. The molecule has 0 atom stereocenters. The third kappa shape index (κ3) is 2.90. The summed E-state index contributed by atoms with van der Waals surface area (Å²) >= 11 is 0. The maximum absolute atomic E-state index is 2.28. The minimum Gasteiger partial charge on any atom is -0.417 e. The number of aryl methyl sites for hydroxylation is 1. The standard InChI is InChI=1S/C13H22N.W/c1-9(2)11-8-14(7)10(3)12(11)13(4,5)6;/h8H,1-7H3;/q-1;. The summed E-state index contributed by atoms with van der Waals surface area (Å²) in [7, 11) is 2.12. The molecule has 0 saturated heterocycles. The second-order valence-electron chi connectivity index (χ2n) is 5.36. The van der Waals surface area contributed by atoms with Crippen molar-refractivity contribution >= 4 is 0 Å². The van der Waals surface area contributed by atoms with E-state index in [9.17, 15) is 0 Å². The molecule has 0 saturated carbocycles. The minimum absolute atomic E-state index is 0. The van der Waals surface area contributed by atoms with Crippen LogP contribution in [-0.2, 0) is 33.5 Å². The van der Waals surface area contributed by atoms with Gasteiger partial charge in [-0.15, -0.1) is 5.56 Å². The molecule has 15 heavy (non-hydrogen) atoms.